The Balaban J connectivity index is 2.44. The highest BCUT2D eigenvalue weighted by atomic mass is 15.2. The van der Waals surface area contributed by atoms with E-state index in [1.54, 1.807) is 0 Å². The molecule has 0 bridgehead atoms. The minimum absolute atomic E-state index is 0.449. The van der Waals surface area contributed by atoms with Crippen LogP contribution >= 0.6 is 0 Å². The first-order chi connectivity index (χ1) is 6.19. The molecule has 0 aromatic rings. The Labute approximate surface area is 82.5 Å². The fourth-order valence-electron chi connectivity index (χ4n) is 2.17. The summed E-state index contributed by atoms with van der Waals surface area (Å²) in [6.07, 6.45) is 3.67. The molecule has 78 valence electrons. The second kappa shape index (κ2) is 4.97. The van der Waals surface area contributed by atoms with Gasteiger partial charge in [0.2, 0.25) is 0 Å². The summed E-state index contributed by atoms with van der Waals surface area (Å²) in [5, 5.41) is 0. The second-order valence-corrected chi connectivity index (χ2v) is 4.37. The monoisotopic (exact) mass is 184 g/mol. The van der Waals surface area contributed by atoms with Crippen molar-refractivity contribution in [2.24, 2.45) is 11.7 Å². The number of nitrogens with zero attached hydrogens (tertiary/aromatic N) is 1. The van der Waals surface area contributed by atoms with E-state index in [1.807, 2.05) is 0 Å². The predicted molar refractivity (Wildman–Crippen MR) is 57.7 cm³/mol. The van der Waals surface area contributed by atoms with Crippen LogP contribution < -0.4 is 5.73 Å². The fraction of sp³-hybridized carbons (Fsp3) is 1.00. The van der Waals surface area contributed by atoms with Crippen molar-refractivity contribution < 1.29 is 0 Å². The van der Waals surface area contributed by atoms with Gasteiger partial charge in [-0.25, -0.2) is 0 Å². The molecule has 1 aliphatic heterocycles. The van der Waals surface area contributed by atoms with Crippen molar-refractivity contribution >= 4 is 0 Å². The van der Waals surface area contributed by atoms with Crippen LogP contribution in [0.1, 0.15) is 40.0 Å². The number of piperidine rings is 1. The van der Waals surface area contributed by atoms with Crippen molar-refractivity contribution in [2.75, 3.05) is 13.1 Å². The van der Waals surface area contributed by atoms with Crippen LogP contribution in [-0.4, -0.2) is 30.1 Å². The van der Waals surface area contributed by atoms with Crippen LogP contribution in [0.25, 0.3) is 0 Å². The summed E-state index contributed by atoms with van der Waals surface area (Å²) in [6.45, 7) is 9.26. The molecule has 1 rings (SSSR count). The van der Waals surface area contributed by atoms with Crippen LogP contribution in [-0.2, 0) is 0 Å². The topological polar surface area (TPSA) is 29.3 Å². The number of nitrogens with two attached hydrogens (primary N) is 1. The van der Waals surface area contributed by atoms with Gasteiger partial charge >= 0.3 is 0 Å². The molecule has 0 radical (unpaired) electrons. The van der Waals surface area contributed by atoms with Gasteiger partial charge in [0.05, 0.1) is 0 Å². The zero-order valence-electron chi connectivity index (χ0n) is 9.29. The van der Waals surface area contributed by atoms with Crippen LogP contribution in [0, 0.1) is 5.92 Å². The lowest BCUT2D eigenvalue weighted by atomic mass is 9.90. The Bertz CT molecular complexity index is 147. The summed E-state index contributed by atoms with van der Waals surface area (Å²) in [5.74, 6) is 0.725. The third kappa shape index (κ3) is 2.68. The summed E-state index contributed by atoms with van der Waals surface area (Å²) in [7, 11) is 0. The van der Waals surface area contributed by atoms with Gasteiger partial charge in [-0.05, 0) is 32.2 Å². The van der Waals surface area contributed by atoms with Crippen LogP contribution in [0.2, 0.25) is 0 Å². The fourth-order valence-corrected chi connectivity index (χ4v) is 2.17. The smallest absolute Gasteiger partial charge is 0.00914 e. The molecule has 13 heavy (non-hydrogen) atoms. The average Bonchev–Trinajstić information content (AvgIpc) is 2.17. The lowest BCUT2D eigenvalue weighted by Gasteiger charge is -2.39. The maximum atomic E-state index is 6.07. The highest BCUT2D eigenvalue weighted by Crippen LogP contribution is 2.20. The average molecular weight is 184 g/mol. The van der Waals surface area contributed by atoms with Gasteiger partial charge in [0.15, 0.2) is 0 Å². The highest BCUT2D eigenvalue weighted by molar-refractivity contribution is 4.83. The number of rotatable bonds is 3. The molecule has 2 heteroatoms. The first-order valence-electron chi connectivity index (χ1n) is 5.68. The van der Waals surface area contributed by atoms with Gasteiger partial charge in [0, 0.05) is 18.6 Å². The maximum absolute atomic E-state index is 6.07. The van der Waals surface area contributed by atoms with E-state index in [1.165, 1.54) is 32.4 Å². The molecule has 1 heterocycles. The van der Waals surface area contributed by atoms with Gasteiger partial charge in [-0.15, -0.1) is 0 Å². The van der Waals surface area contributed by atoms with E-state index in [9.17, 15) is 0 Å². The Kier molecular flexibility index (Phi) is 4.20. The van der Waals surface area contributed by atoms with E-state index in [0.29, 0.717) is 6.04 Å². The van der Waals surface area contributed by atoms with Crippen molar-refractivity contribution in [3.63, 3.8) is 0 Å². The molecule has 0 aliphatic carbocycles. The Morgan fingerprint density at radius 1 is 1.46 bits per heavy atom. The minimum atomic E-state index is 0.449. The molecule has 0 saturated carbocycles. The molecule has 2 nitrogen and oxygen atoms in total. The van der Waals surface area contributed by atoms with Crippen molar-refractivity contribution in [3.05, 3.63) is 0 Å². The molecular formula is C11H24N2. The number of hydrogen-bond acceptors (Lipinski definition) is 2. The zero-order chi connectivity index (χ0) is 9.84. The normalized spacial score (nSPS) is 33.2. The van der Waals surface area contributed by atoms with E-state index < -0.39 is 0 Å². The van der Waals surface area contributed by atoms with E-state index in [4.69, 9.17) is 5.73 Å². The second-order valence-electron chi connectivity index (χ2n) is 4.37. The number of hydrogen-bond donors (Lipinski definition) is 1. The molecule has 0 spiro atoms. The summed E-state index contributed by atoms with van der Waals surface area (Å²) in [6, 6.07) is 1.19. The van der Waals surface area contributed by atoms with E-state index in [2.05, 4.69) is 25.7 Å². The van der Waals surface area contributed by atoms with Crippen LogP contribution in [0.4, 0.5) is 0 Å². The third-order valence-electron chi connectivity index (χ3n) is 3.56. The summed E-state index contributed by atoms with van der Waals surface area (Å²) >= 11 is 0. The maximum Gasteiger partial charge on any atom is 0.00914 e. The summed E-state index contributed by atoms with van der Waals surface area (Å²) < 4.78 is 0. The molecule has 1 fully saturated rings. The minimum Gasteiger partial charge on any atom is -0.327 e. The van der Waals surface area contributed by atoms with Gasteiger partial charge in [-0.1, -0.05) is 20.3 Å². The third-order valence-corrected chi connectivity index (χ3v) is 3.56. The SMILES string of the molecule is CCC1CN(C(C)CC)CCC1N. The van der Waals surface area contributed by atoms with Gasteiger partial charge in [-0.2, -0.15) is 0 Å². The highest BCUT2D eigenvalue weighted by Gasteiger charge is 2.26. The van der Waals surface area contributed by atoms with Gasteiger partial charge in [0.1, 0.15) is 0 Å². The quantitative estimate of drug-likeness (QED) is 0.725. The summed E-state index contributed by atoms with van der Waals surface area (Å²) in [5.41, 5.74) is 6.07. The Morgan fingerprint density at radius 3 is 2.69 bits per heavy atom. The molecule has 0 aromatic heterocycles. The van der Waals surface area contributed by atoms with Crippen molar-refractivity contribution in [3.8, 4) is 0 Å². The van der Waals surface area contributed by atoms with Gasteiger partial charge in [-0.3, -0.25) is 0 Å². The molecule has 0 aromatic carbocycles. The van der Waals surface area contributed by atoms with E-state index in [0.717, 1.165) is 12.0 Å². The van der Waals surface area contributed by atoms with E-state index >= 15 is 0 Å². The van der Waals surface area contributed by atoms with Crippen LogP contribution in [0.15, 0.2) is 0 Å². The zero-order valence-corrected chi connectivity index (χ0v) is 9.29. The molecular weight excluding hydrogens is 160 g/mol. The van der Waals surface area contributed by atoms with Gasteiger partial charge < -0.3 is 10.6 Å². The van der Waals surface area contributed by atoms with E-state index in [-0.39, 0.29) is 0 Å². The first-order valence-corrected chi connectivity index (χ1v) is 5.68. The van der Waals surface area contributed by atoms with Crippen LogP contribution in [0.5, 0.6) is 0 Å². The summed E-state index contributed by atoms with van der Waals surface area (Å²) in [4.78, 5) is 2.59. The molecule has 3 atom stereocenters. The molecule has 0 amide bonds. The first kappa shape index (κ1) is 11.0. The lowest BCUT2D eigenvalue weighted by Crippen LogP contribution is -2.49. The van der Waals surface area contributed by atoms with Crippen molar-refractivity contribution in [1.29, 1.82) is 0 Å². The van der Waals surface area contributed by atoms with Crippen molar-refractivity contribution in [1.82, 2.24) is 4.90 Å². The van der Waals surface area contributed by atoms with Crippen molar-refractivity contribution in [2.45, 2.75) is 52.1 Å². The Hall–Kier alpha value is -0.0800. The standard InChI is InChI=1S/C11H24N2/c1-4-9(3)13-7-6-11(12)10(5-2)8-13/h9-11H,4-8,12H2,1-3H3. The largest absolute Gasteiger partial charge is 0.327 e. The predicted octanol–water partition coefficient (Wildman–Crippen LogP) is 1.84. The molecule has 3 unspecified atom stereocenters. The molecule has 1 saturated heterocycles. The lowest BCUT2D eigenvalue weighted by molar-refractivity contribution is 0.112. The van der Waals surface area contributed by atoms with Gasteiger partial charge in [0.25, 0.3) is 0 Å². The Morgan fingerprint density at radius 2 is 2.15 bits per heavy atom. The molecule has 1 aliphatic rings. The number of likely N-dealkylation sites (tertiary alicyclic amines) is 1. The van der Waals surface area contributed by atoms with Crippen LogP contribution in [0.3, 0.4) is 0 Å². The molecule has 2 N–H and O–H groups in total.